The maximum atomic E-state index is 9.80. The van der Waals surface area contributed by atoms with Crippen molar-refractivity contribution in [1.82, 2.24) is 10.2 Å². The van der Waals surface area contributed by atoms with Gasteiger partial charge in [-0.2, -0.15) is 0 Å². The van der Waals surface area contributed by atoms with Crippen LogP contribution in [0.25, 0.3) is 0 Å². The van der Waals surface area contributed by atoms with Crippen molar-refractivity contribution in [3.63, 3.8) is 0 Å². The summed E-state index contributed by atoms with van der Waals surface area (Å²) in [6.45, 7) is 8.40. The highest BCUT2D eigenvalue weighted by atomic mass is 16.5. The summed E-state index contributed by atoms with van der Waals surface area (Å²) < 4.78 is 5.43. The van der Waals surface area contributed by atoms with E-state index in [1.165, 1.54) is 12.8 Å². The van der Waals surface area contributed by atoms with Crippen molar-refractivity contribution in [1.29, 1.82) is 0 Å². The number of nitrogens with one attached hydrogen (secondary N) is 1. The Labute approximate surface area is 111 Å². The summed E-state index contributed by atoms with van der Waals surface area (Å²) in [4.78, 5) is 2.55. The topological polar surface area (TPSA) is 44.7 Å². The quantitative estimate of drug-likeness (QED) is 0.787. The molecule has 106 valence electrons. The third kappa shape index (κ3) is 3.44. The molecule has 2 fully saturated rings. The fourth-order valence-corrected chi connectivity index (χ4v) is 3.52. The first-order valence-corrected chi connectivity index (χ1v) is 7.35. The van der Waals surface area contributed by atoms with Gasteiger partial charge in [-0.15, -0.1) is 0 Å². The molecule has 4 nitrogen and oxygen atoms in total. The van der Waals surface area contributed by atoms with Gasteiger partial charge in [-0.25, -0.2) is 0 Å². The molecule has 1 saturated carbocycles. The maximum Gasteiger partial charge on any atom is 0.0613 e. The summed E-state index contributed by atoms with van der Waals surface area (Å²) in [5, 5.41) is 13.4. The third-order valence-electron chi connectivity index (χ3n) is 4.28. The Morgan fingerprint density at radius 1 is 1.39 bits per heavy atom. The highest BCUT2D eigenvalue weighted by molar-refractivity contribution is 4.97. The van der Waals surface area contributed by atoms with Crippen LogP contribution in [0.1, 0.15) is 39.5 Å². The predicted octanol–water partition coefficient (Wildman–Crippen LogP) is 0.990. The van der Waals surface area contributed by atoms with Gasteiger partial charge in [-0.05, 0) is 25.7 Å². The first-order chi connectivity index (χ1) is 8.65. The molecular weight excluding hydrogens is 228 g/mol. The van der Waals surface area contributed by atoms with Gasteiger partial charge < -0.3 is 15.2 Å². The van der Waals surface area contributed by atoms with Crippen molar-refractivity contribution in [3.05, 3.63) is 0 Å². The summed E-state index contributed by atoms with van der Waals surface area (Å²) in [7, 11) is 0. The van der Waals surface area contributed by atoms with Crippen molar-refractivity contribution in [3.8, 4) is 0 Å². The molecule has 2 rings (SSSR count). The number of ether oxygens (including phenoxy) is 1. The third-order valence-corrected chi connectivity index (χ3v) is 4.28. The van der Waals surface area contributed by atoms with Crippen molar-refractivity contribution in [2.45, 2.75) is 57.2 Å². The van der Waals surface area contributed by atoms with Crippen LogP contribution in [0.4, 0.5) is 0 Å². The maximum absolute atomic E-state index is 9.80. The standard InChI is InChI=1S/C14H28N2O2/c1-12(2)15-14(11-17)5-3-4-13(10-14)16-6-8-18-9-7-16/h12-13,15,17H,3-11H2,1-2H3. The molecule has 0 amide bonds. The van der Waals surface area contributed by atoms with Crippen LogP contribution in [0.5, 0.6) is 0 Å². The van der Waals surface area contributed by atoms with E-state index in [9.17, 15) is 5.11 Å². The van der Waals surface area contributed by atoms with Crippen LogP contribution in [0, 0.1) is 0 Å². The average Bonchev–Trinajstić information content (AvgIpc) is 2.39. The SMILES string of the molecule is CC(C)NC1(CO)CCCC(N2CCOCC2)C1. The van der Waals surface area contributed by atoms with Crippen molar-refractivity contribution in [2.75, 3.05) is 32.9 Å². The summed E-state index contributed by atoms with van der Waals surface area (Å²) in [5.74, 6) is 0. The second kappa shape index (κ2) is 6.33. The zero-order chi connectivity index (χ0) is 13.0. The summed E-state index contributed by atoms with van der Waals surface area (Å²) >= 11 is 0. The Hall–Kier alpha value is -0.160. The van der Waals surface area contributed by atoms with Crippen molar-refractivity contribution < 1.29 is 9.84 Å². The molecule has 1 heterocycles. The Morgan fingerprint density at radius 3 is 2.72 bits per heavy atom. The number of aliphatic hydroxyl groups is 1. The van der Waals surface area contributed by atoms with Gasteiger partial charge in [0.25, 0.3) is 0 Å². The van der Waals surface area contributed by atoms with Crippen molar-refractivity contribution in [2.24, 2.45) is 0 Å². The zero-order valence-corrected chi connectivity index (χ0v) is 11.8. The number of hydrogen-bond donors (Lipinski definition) is 2. The van der Waals surface area contributed by atoms with Gasteiger partial charge in [0.2, 0.25) is 0 Å². The minimum absolute atomic E-state index is 0.0601. The second-order valence-electron chi connectivity index (χ2n) is 6.14. The molecule has 1 aliphatic carbocycles. The first kappa shape index (κ1) is 14.3. The molecule has 18 heavy (non-hydrogen) atoms. The Bertz CT molecular complexity index is 254. The summed E-state index contributed by atoms with van der Waals surface area (Å²) in [5.41, 5.74) is -0.0601. The van der Waals surface area contributed by atoms with E-state index >= 15 is 0 Å². The molecule has 0 spiro atoms. The molecule has 4 heteroatoms. The van der Waals surface area contributed by atoms with Gasteiger partial charge in [0.1, 0.15) is 0 Å². The lowest BCUT2D eigenvalue weighted by Gasteiger charge is -2.46. The van der Waals surface area contributed by atoms with Crippen LogP contribution in [0.15, 0.2) is 0 Å². The van der Waals surface area contributed by atoms with Gasteiger partial charge in [0.05, 0.1) is 19.8 Å². The van der Waals surface area contributed by atoms with Crippen LogP contribution in [-0.4, -0.2) is 60.5 Å². The number of nitrogens with zero attached hydrogens (tertiary/aromatic N) is 1. The van der Waals surface area contributed by atoms with Crippen LogP contribution in [0.2, 0.25) is 0 Å². The summed E-state index contributed by atoms with van der Waals surface area (Å²) in [6, 6.07) is 1.04. The molecule has 0 aromatic heterocycles. The predicted molar refractivity (Wildman–Crippen MR) is 72.7 cm³/mol. The van der Waals surface area contributed by atoms with E-state index in [4.69, 9.17) is 4.74 Å². The van der Waals surface area contributed by atoms with E-state index in [1.807, 2.05) is 0 Å². The van der Waals surface area contributed by atoms with E-state index in [0.29, 0.717) is 12.1 Å². The molecule has 1 saturated heterocycles. The second-order valence-corrected chi connectivity index (χ2v) is 6.14. The largest absolute Gasteiger partial charge is 0.394 e. The molecule has 0 bridgehead atoms. The van der Waals surface area contributed by atoms with Gasteiger partial charge in [-0.3, -0.25) is 4.90 Å². The zero-order valence-electron chi connectivity index (χ0n) is 11.8. The van der Waals surface area contributed by atoms with Crippen LogP contribution < -0.4 is 5.32 Å². The molecule has 0 aromatic carbocycles. The van der Waals surface area contributed by atoms with E-state index < -0.39 is 0 Å². The Balaban J connectivity index is 1.97. The fourth-order valence-electron chi connectivity index (χ4n) is 3.52. The average molecular weight is 256 g/mol. The molecule has 2 N–H and O–H groups in total. The fraction of sp³-hybridized carbons (Fsp3) is 1.00. The lowest BCUT2D eigenvalue weighted by molar-refractivity contribution is -0.0116. The molecule has 2 unspecified atom stereocenters. The number of aliphatic hydroxyl groups excluding tert-OH is 1. The van der Waals surface area contributed by atoms with E-state index in [1.54, 1.807) is 0 Å². The minimum Gasteiger partial charge on any atom is -0.394 e. The van der Waals surface area contributed by atoms with Crippen LogP contribution >= 0.6 is 0 Å². The Morgan fingerprint density at radius 2 is 2.11 bits per heavy atom. The van der Waals surface area contributed by atoms with Gasteiger partial charge in [0, 0.05) is 30.7 Å². The lowest BCUT2D eigenvalue weighted by atomic mass is 9.78. The molecule has 1 aliphatic heterocycles. The van der Waals surface area contributed by atoms with Gasteiger partial charge in [0.15, 0.2) is 0 Å². The Kier molecular flexibility index (Phi) is 5.01. The van der Waals surface area contributed by atoms with Gasteiger partial charge in [-0.1, -0.05) is 13.8 Å². The van der Waals surface area contributed by atoms with Crippen LogP contribution in [0.3, 0.4) is 0 Å². The number of rotatable bonds is 4. The normalized spacial score (nSPS) is 35.0. The van der Waals surface area contributed by atoms with Crippen LogP contribution in [-0.2, 0) is 4.74 Å². The number of hydrogen-bond acceptors (Lipinski definition) is 4. The molecule has 2 atom stereocenters. The molecule has 0 aromatic rings. The van der Waals surface area contributed by atoms with E-state index in [2.05, 4.69) is 24.1 Å². The van der Waals surface area contributed by atoms with E-state index in [0.717, 1.165) is 39.1 Å². The minimum atomic E-state index is -0.0601. The number of morpholine rings is 1. The monoisotopic (exact) mass is 256 g/mol. The highest BCUT2D eigenvalue weighted by Gasteiger charge is 2.38. The van der Waals surface area contributed by atoms with E-state index in [-0.39, 0.29) is 12.1 Å². The molecule has 0 radical (unpaired) electrons. The van der Waals surface area contributed by atoms with Crippen molar-refractivity contribution >= 4 is 0 Å². The molecular formula is C14H28N2O2. The first-order valence-electron chi connectivity index (χ1n) is 7.35. The summed E-state index contributed by atoms with van der Waals surface area (Å²) in [6.07, 6.45) is 4.65. The molecule has 2 aliphatic rings. The highest BCUT2D eigenvalue weighted by Crippen LogP contribution is 2.31. The van der Waals surface area contributed by atoms with Gasteiger partial charge >= 0.3 is 0 Å². The lowest BCUT2D eigenvalue weighted by Crippen LogP contribution is -2.58. The smallest absolute Gasteiger partial charge is 0.0613 e.